The van der Waals surface area contributed by atoms with Crippen LogP contribution in [0.5, 0.6) is 0 Å². The van der Waals surface area contributed by atoms with Gasteiger partial charge in [0.05, 0.1) is 6.42 Å². The molecule has 1 fully saturated rings. The van der Waals surface area contributed by atoms with E-state index in [0.717, 1.165) is 0 Å². The zero-order chi connectivity index (χ0) is 13.0. The molecular weight excluding hydrogens is 234 g/mol. The van der Waals surface area contributed by atoms with Gasteiger partial charge in [-0.1, -0.05) is 0 Å². The summed E-state index contributed by atoms with van der Waals surface area (Å²) in [5.41, 5.74) is -0.695. The van der Waals surface area contributed by atoms with Crippen molar-refractivity contribution in [3.63, 3.8) is 0 Å². The molecule has 0 aliphatic carbocycles. The zero-order valence-corrected chi connectivity index (χ0v) is 10.9. The SMILES string of the molecule is CCOC1(C(=O)Cc2ncnn2C)CCOCC1. The maximum atomic E-state index is 12.5. The molecule has 0 atom stereocenters. The molecule has 1 aliphatic rings. The number of hydrogen-bond acceptors (Lipinski definition) is 5. The lowest BCUT2D eigenvalue weighted by molar-refractivity contribution is -0.157. The minimum atomic E-state index is -0.695. The Labute approximate surface area is 106 Å². The molecule has 1 saturated heterocycles. The highest BCUT2D eigenvalue weighted by Crippen LogP contribution is 2.27. The quantitative estimate of drug-likeness (QED) is 0.765. The van der Waals surface area contributed by atoms with Crippen molar-refractivity contribution in [2.75, 3.05) is 19.8 Å². The molecule has 0 aromatic carbocycles. The zero-order valence-electron chi connectivity index (χ0n) is 10.9. The van der Waals surface area contributed by atoms with Gasteiger partial charge < -0.3 is 9.47 Å². The van der Waals surface area contributed by atoms with Gasteiger partial charge in [-0.3, -0.25) is 9.48 Å². The smallest absolute Gasteiger partial charge is 0.172 e. The fraction of sp³-hybridized carbons (Fsp3) is 0.750. The van der Waals surface area contributed by atoms with Crippen LogP contribution in [0.25, 0.3) is 0 Å². The first kappa shape index (κ1) is 13.2. The van der Waals surface area contributed by atoms with Crippen molar-refractivity contribution in [3.05, 3.63) is 12.2 Å². The van der Waals surface area contributed by atoms with Crippen LogP contribution >= 0.6 is 0 Å². The van der Waals surface area contributed by atoms with E-state index in [1.165, 1.54) is 6.33 Å². The summed E-state index contributed by atoms with van der Waals surface area (Å²) < 4.78 is 12.7. The predicted octanol–water partition coefficient (Wildman–Crippen LogP) is 0.512. The first-order valence-electron chi connectivity index (χ1n) is 6.26. The Morgan fingerprint density at radius 2 is 2.28 bits per heavy atom. The van der Waals surface area contributed by atoms with Crippen LogP contribution in [0.2, 0.25) is 0 Å². The molecule has 6 nitrogen and oxygen atoms in total. The number of Topliss-reactive ketones (excluding diaryl/α,β-unsaturated/α-hetero) is 1. The van der Waals surface area contributed by atoms with Crippen LogP contribution in [-0.4, -0.2) is 46.0 Å². The van der Waals surface area contributed by atoms with Crippen LogP contribution in [0, 0.1) is 0 Å². The second kappa shape index (κ2) is 5.58. The molecule has 0 spiro atoms. The minimum Gasteiger partial charge on any atom is -0.381 e. The van der Waals surface area contributed by atoms with Gasteiger partial charge in [0.25, 0.3) is 0 Å². The van der Waals surface area contributed by atoms with Gasteiger partial charge in [0.1, 0.15) is 17.8 Å². The number of rotatable bonds is 5. The molecule has 18 heavy (non-hydrogen) atoms. The van der Waals surface area contributed by atoms with E-state index in [9.17, 15) is 4.79 Å². The van der Waals surface area contributed by atoms with E-state index in [1.54, 1.807) is 11.7 Å². The highest BCUT2D eigenvalue weighted by atomic mass is 16.5. The number of aromatic nitrogens is 3. The molecule has 1 aromatic rings. The highest BCUT2D eigenvalue weighted by Gasteiger charge is 2.40. The first-order chi connectivity index (χ1) is 8.68. The minimum absolute atomic E-state index is 0.0729. The van der Waals surface area contributed by atoms with Crippen LogP contribution < -0.4 is 0 Å². The lowest BCUT2D eigenvalue weighted by Crippen LogP contribution is -2.47. The van der Waals surface area contributed by atoms with Crippen molar-refractivity contribution < 1.29 is 14.3 Å². The molecule has 0 radical (unpaired) electrons. The van der Waals surface area contributed by atoms with Crippen molar-refractivity contribution >= 4 is 5.78 Å². The first-order valence-corrected chi connectivity index (χ1v) is 6.26. The fourth-order valence-corrected chi connectivity index (χ4v) is 2.27. The summed E-state index contributed by atoms with van der Waals surface area (Å²) in [5, 5.41) is 3.97. The molecule has 2 heterocycles. The lowest BCUT2D eigenvalue weighted by Gasteiger charge is -2.35. The van der Waals surface area contributed by atoms with E-state index in [4.69, 9.17) is 9.47 Å². The van der Waals surface area contributed by atoms with Crippen LogP contribution in [0.4, 0.5) is 0 Å². The normalized spacial score (nSPS) is 18.8. The molecule has 100 valence electrons. The van der Waals surface area contributed by atoms with Crippen LogP contribution in [-0.2, 0) is 27.7 Å². The monoisotopic (exact) mass is 253 g/mol. The Morgan fingerprint density at radius 1 is 1.56 bits per heavy atom. The van der Waals surface area contributed by atoms with Gasteiger partial charge >= 0.3 is 0 Å². The van der Waals surface area contributed by atoms with Gasteiger partial charge in [0.15, 0.2) is 5.78 Å². The molecule has 2 rings (SSSR count). The van der Waals surface area contributed by atoms with Gasteiger partial charge in [0, 0.05) is 39.7 Å². The number of aryl methyl sites for hydroxylation is 1. The Kier molecular flexibility index (Phi) is 4.08. The van der Waals surface area contributed by atoms with E-state index >= 15 is 0 Å². The molecule has 0 bridgehead atoms. The van der Waals surface area contributed by atoms with E-state index in [1.807, 2.05) is 6.92 Å². The Bertz CT molecular complexity index is 405. The number of nitrogens with zero attached hydrogens (tertiary/aromatic N) is 3. The molecule has 1 aromatic heterocycles. The highest BCUT2D eigenvalue weighted by molar-refractivity contribution is 5.88. The molecule has 0 saturated carbocycles. The van der Waals surface area contributed by atoms with Crippen molar-refractivity contribution in [1.29, 1.82) is 0 Å². The van der Waals surface area contributed by atoms with Crippen LogP contribution in [0.3, 0.4) is 0 Å². The summed E-state index contributed by atoms with van der Waals surface area (Å²) in [6.45, 7) is 3.59. The van der Waals surface area contributed by atoms with E-state index < -0.39 is 5.60 Å². The summed E-state index contributed by atoms with van der Waals surface area (Å²) in [5.74, 6) is 0.745. The second-order valence-corrected chi connectivity index (χ2v) is 4.44. The van der Waals surface area contributed by atoms with Gasteiger partial charge in [-0.2, -0.15) is 5.10 Å². The third-order valence-corrected chi connectivity index (χ3v) is 3.35. The summed E-state index contributed by atoms with van der Waals surface area (Å²) in [7, 11) is 1.78. The Hall–Kier alpha value is -1.27. The summed E-state index contributed by atoms with van der Waals surface area (Å²) in [6, 6.07) is 0. The molecule has 1 aliphatic heterocycles. The summed E-state index contributed by atoms with van der Waals surface area (Å²) in [6.07, 6.45) is 2.96. The summed E-state index contributed by atoms with van der Waals surface area (Å²) >= 11 is 0. The standard InChI is InChI=1S/C12H19N3O3/c1-3-18-12(4-6-17-7-5-12)10(16)8-11-13-9-14-15(11)2/h9H,3-8H2,1-2H3. The van der Waals surface area contributed by atoms with Gasteiger partial charge in [-0.25, -0.2) is 4.98 Å². The Morgan fingerprint density at radius 3 is 2.83 bits per heavy atom. The average molecular weight is 253 g/mol. The molecule has 0 amide bonds. The molecule has 0 N–H and O–H groups in total. The van der Waals surface area contributed by atoms with Gasteiger partial charge in [0.2, 0.25) is 0 Å². The number of ketones is 1. The van der Waals surface area contributed by atoms with E-state index in [2.05, 4.69) is 10.1 Å². The van der Waals surface area contributed by atoms with Crippen LogP contribution in [0.1, 0.15) is 25.6 Å². The van der Waals surface area contributed by atoms with Crippen molar-refractivity contribution in [2.24, 2.45) is 7.05 Å². The van der Waals surface area contributed by atoms with Crippen LogP contribution in [0.15, 0.2) is 6.33 Å². The number of carbonyl (C=O) groups excluding carboxylic acids is 1. The molecular formula is C12H19N3O3. The number of ether oxygens (including phenoxy) is 2. The summed E-state index contributed by atoms with van der Waals surface area (Å²) in [4.78, 5) is 16.6. The van der Waals surface area contributed by atoms with E-state index in [0.29, 0.717) is 38.5 Å². The maximum Gasteiger partial charge on any atom is 0.172 e. The van der Waals surface area contributed by atoms with Gasteiger partial charge in [-0.05, 0) is 6.92 Å². The fourth-order valence-electron chi connectivity index (χ4n) is 2.27. The Balaban J connectivity index is 2.11. The topological polar surface area (TPSA) is 66.2 Å². The van der Waals surface area contributed by atoms with E-state index in [-0.39, 0.29) is 12.2 Å². The number of carbonyl (C=O) groups is 1. The maximum absolute atomic E-state index is 12.5. The second-order valence-electron chi connectivity index (χ2n) is 4.44. The molecule has 6 heteroatoms. The third-order valence-electron chi connectivity index (χ3n) is 3.35. The predicted molar refractivity (Wildman–Crippen MR) is 64.1 cm³/mol. The van der Waals surface area contributed by atoms with Gasteiger partial charge in [-0.15, -0.1) is 0 Å². The van der Waals surface area contributed by atoms with Crippen molar-refractivity contribution in [2.45, 2.75) is 31.8 Å². The number of hydrogen-bond donors (Lipinski definition) is 0. The largest absolute Gasteiger partial charge is 0.381 e. The third kappa shape index (κ3) is 2.59. The van der Waals surface area contributed by atoms with Crippen molar-refractivity contribution in [1.82, 2.24) is 14.8 Å². The molecule has 0 unspecified atom stereocenters. The lowest BCUT2D eigenvalue weighted by atomic mass is 9.87. The van der Waals surface area contributed by atoms with Crippen molar-refractivity contribution in [3.8, 4) is 0 Å². The average Bonchev–Trinajstić information content (AvgIpc) is 2.76.